The van der Waals surface area contributed by atoms with E-state index in [1.54, 1.807) is 31.2 Å². The number of aliphatic carboxylic acids is 1. The lowest BCUT2D eigenvalue weighted by atomic mass is 10.2. The molecule has 0 bridgehead atoms. The molecule has 1 unspecified atom stereocenters. The molecule has 0 aromatic heterocycles. The SMILES string of the molecule is CCC(C(=O)O)N(C)C(=O)COc1ccc(Br)cc1. The molecule has 1 amide bonds. The van der Waals surface area contributed by atoms with Gasteiger partial charge in [-0.05, 0) is 30.7 Å². The van der Waals surface area contributed by atoms with Gasteiger partial charge in [0, 0.05) is 11.5 Å². The highest BCUT2D eigenvalue weighted by atomic mass is 79.9. The highest BCUT2D eigenvalue weighted by Gasteiger charge is 2.24. The average molecular weight is 330 g/mol. The molecule has 0 saturated heterocycles. The van der Waals surface area contributed by atoms with Crippen molar-refractivity contribution in [3.05, 3.63) is 28.7 Å². The number of likely N-dealkylation sites (N-methyl/N-ethyl adjacent to an activating group) is 1. The summed E-state index contributed by atoms with van der Waals surface area (Å²) in [4.78, 5) is 24.0. The molecule has 5 nitrogen and oxygen atoms in total. The maximum absolute atomic E-state index is 11.8. The van der Waals surface area contributed by atoms with E-state index in [0.29, 0.717) is 12.2 Å². The molecule has 0 aliphatic carbocycles. The van der Waals surface area contributed by atoms with Crippen molar-refractivity contribution in [3.8, 4) is 5.75 Å². The summed E-state index contributed by atoms with van der Waals surface area (Å²) in [6, 6.07) is 6.24. The van der Waals surface area contributed by atoms with Crippen LogP contribution in [-0.2, 0) is 9.59 Å². The standard InChI is InChI=1S/C13H16BrNO4/c1-3-11(13(17)18)15(2)12(16)8-19-10-6-4-9(14)5-7-10/h4-7,11H,3,8H2,1-2H3,(H,17,18). The van der Waals surface area contributed by atoms with Gasteiger partial charge in [-0.25, -0.2) is 4.79 Å². The van der Waals surface area contributed by atoms with Gasteiger partial charge in [-0.2, -0.15) is 0 Å². The Morgan fingerprint density at radius 2 is 1.95 bits per heavy atom. The zero-order valence-corrected chi connectivity index (χ0v) is 12.4. The molecule has 6 heteroatoms. The van der Waals surface area contributed by atoms with Gasteiger partial charge >= 0.3 is 5.97 Å². The molecule has 0 saturated carbocycles. The summed E-state index contributed by atoms with van der Waals surface area (Å²) in [7, 11) is 1.47. The van der Waals surface area contributed by atoms with Crippen LogP contribution >= 0.6 is 15.9 Å². The van der Waals surface area contributed by atoms with Gasteiger partial charge in [0.25, 0.3) is 5.91 Å². The van der Waals surface area contributed by atoms with Gasteiger partial charge in [-0.1, -0.05) is 22.9 Å². The van der Waals surface area contributed by atoms with Crippen LogP contribution in [-0.4, -0.2) is 41.6 Å². The maximum atomic E-state index is 11.8. The summed E-state index contributed by atoms with van der Waals surface area (Å²) in [5.74, 6) is -0.813. The first kappa shape index (κ1) is 15.5. The lowest BCUT2D eigenvalue weighted by Crippen LogP contribution is -2.44. The molecule has 1 aromatic rings. The topological polar surface area (TPSA) is 66.8 Å². The van der Waals surface area contributed by atoms with Crippen LogP contribution in [0.5, 0.6) is 5.75 Å². The van der Waals surface area contributed by atoms with Crippen LogP contribution in [0.4, 0.5) is 0 Å². The molecule has 104 valence electrons. The number of carboxylic acid groups (broad SMARTS) is 1. The van der Waals surface area contributed by atoms with E-state index in [9.17, 15) is 9.59 Å². The Labute approximate surface area is 120 Å². The van der Waals surface area contributed by atoms with Crippen molar-refractivity contribution >= 4 is 27.8 Å². The van der Waals surface area contributed by atoms with Gasteiger partial charge in [-0.15, -0.1) is 0 Å². The number of rotatable bonds is 6. The second kappa shape index (κ2) is 7.13. The predicted molar refractivity (Wildman–Crippen MR) is 74.1 cm³/mol. The first-order valence-electron chi connectivity index (χ1n) is 5.82. The zero-order chi connectivity index (χ0) is 14.4. The van der Waals surface area contributed by atoms with Gasteiger partial charge in [0.05, 0.1) is 0 Å². The number of carboxylic acids is 1. The second-order valence-electron chi connectivity index (χ2n) is 4.01. The van der Waals surface area contributed by atoms with Gasteiger partial charge < -0.3 is 14.7 Å². The lowest BCUT2D eigenvalue weighted by molar-refractivity contribution is -0.149. The summed E-state index contributed by atoms with van der Waals surface area (Å²) in [6.45, 7) is 1.54. The molecule has 19 heavy (non-hydrogen) atoms. The molecule has 0 radical (unpaired) electrons. The largest absolute Gasteiger partial charge is 0.484 e. The van der Waals surface area contributed by atoms with Crippen molar-refractivity contribution in [1.82, 2.24) is 4.90 Å². The molecular weight excluding hydrogens is 314 g/mol. The van der Waals surface area contributed by atoms with Crippen LogP contribution < -0.4 is 4.74 Å². The van der Waals surface area contributed by atoms with E-state index in [1.165, 1.54) is 11.9 Å². The Hall–Kier alpha value is -1.56. The third-order valence-electron chi connectivity index (χ3n) is 2.71. The minimum absolute atomic E-state index is 0.179. The first-order valence-corrected chi connectivity index (χ1v) is 6.61. The number of ether oxygens (including phenoxy) is 1. The van der Waals surface area contributed by atoms with Crippen molar-refractivity contribution in [2.24, 2.45) is 0 Å². The van der Waals surface area contributed by atoms with Crippen LogP contribution in [0.2, 0.25) is 0 Å². The first-order chi connectivity index (χ1) is 8.95. The van der Waals surface area contributed by atoms with Crippen LogP contribution in [0.3, 0.4) is 0 Å². The van der Waals surface area contributed by atoms with E-state index in [-0.39, 0.29) is 12.5 Å². The third kappa shape index (κ3) is 4.55. The summed E-state index contributed by atoms with van der Waals surface area (Å²) >= 11 is 3.30. The molecule has 0 aliphatic rings. The minimum Gasteiger partial charge on any atom is -0.484 e. The molecule has 1 atom stereocenters. The Bertz CT molecular complexity index is 446. The predicted octanol–water partition coefficient (Wildman–Crippen LogP) is 2.15. The summed E-state index contributed by atoms with van der Waals surface area (Å²) in [6.07, 6.45) is 0.357. The number of nitrogens with zero attached hydrogens (tertiary/aromatic N) is 1. The Kier molecular flexibility index (Phi) is 5.82. The Morgan fingerprint density at radius 3 is 2.42 bits per heavy atom. The quantitative estimate of drug-likeness (QED) is 0.868. The molecule has 1 N–H and O–H groups in total. The van der Waals surface area contributed by atoms with Gasteiger partial charge in [-0.3, -0.25) is 4.79 Å². The average Bonchev–Trinajstić information content (AvgIpc) is 2.38. The van der Waals surface area contributed by atoms with Gasteiger partial charge in [0.1, 0.15) is 11.8 Å². The van der Waals surface area contributed by atoms with Crippen molar-refractivity contribution in [2.75, 3.05) is 13.7 Å². The number of carbonyl (C=O) groups excluding carboxylic acids is 1. The smallest absolute Gasteiger partial charge is 0.326 e. The molecular formula is C13H16BrNO4. The van der Waals surface area contributed by atoms with Crippen molar-refractivity contribution in [1.29, 1.82) is 0 Å². The van der Waals surface area contributed by atoms with E-state index in [0.717, 1.165) is 4.47 Å². The monoisotopic (exact) mass is 329 g/mol. The zero-order valence-electron chi connectivity index (χ0n) is 10.8. The number of hydrogen-bond donors (Lipinski definition) is 1. The summed E-state index contributed by atoms with van der Waals surface area (Å²) < 4.78 is 6.23. The van der Waals surface area contributed by atoms with Gasteiger partial charge in [0.15, 0.2) is 6.61 Å². The van der Waals surface area contributed by atoms with E-state index in [2.05, 4.69) is 15.9 Å². The molecule has 0 fully saturated rings. The maximum Gasteiger partial charge on any atom is 0.326 e. The van der Waals surface area contributed by atoms with Gasteiger partial charge in [0.2, 0.25) is 0 Å². The van der Waals surface area contributed by atoms with Crippen molar-refractivity contribution < 1.29 is 19.4 Å². The van der Waals surface area contributed by atoms with Crippen LogP contribution in [0.25, 0.3) is 0 Å². The fraction of sp³-hybridized carbons (Fsp3) is 0.385. The number of carbonyl (C=O) groups is 2. The summed E-state index contributed by atoms with van der Waals surface area (Å²) in [5, 5.41) is 8.97. The fourth-order valence-corrected chi connectivity index (χ4v) is 1.83. The van der Waals surface area contributed by atoms with Crippen molar-refractivity contribution in [2.45, 2.75) is 19.4 Å². The number of hydrogen-bond acceptors (Lipinski definition) is 3. The molecule has 1 rings (SSSR count). The number of halogens is 1. The normalized spacial score (nSPS) is 11.7. The van der Waals surface area contributed by atoms with Crippen LogP contribution in [0, 0.1) is 0 Å². The van der Waals surface area contributed by atoms with E-state index in [1.807, 2.05) is 0 Å². The van der Waals surface area contributed by atoms with E-state index >= 15 is 0 Å². The summed E-state index contributed by atoms with van der Waals surface area (Å²) in [5.41, 5.74) is 0. The van der Waals surface area contributed by atoms with Crippen LogP contribution in [0.1, 0.15) is 13.3 Å². The van der Waals surface area contributed by atoms with Crippen molar-refractivity contribution in [3.63, 3.8) is 0 Å². The van der Waals surface area contributed by atoms with E-state index < -0.39 is 12.0 Å². The number of benzene rings is 1. The molecule has 0 aliphatic heterocycles. The lowest BCUT2D eigenvalue weighted by Gasteiger charge is -2.23. The fourth-order valence-electron chi connectivity index (χ4n) is 1.57. The highest BCUT2D eigenvalue weighted by Crippen LogP contribution is 2.16. The van der Waals surface area contributed by atoms with E-state index in [4.69, 9.17) is 9.84 Å². The molecule has 1 aromatic carbocycles. The highest BCUT2D eigenvalue weighted by molar-refractivity contribution is 9.10. The third-order valence-corrected chi connectivity index (χ3v) is 3.24. The molecule has 0 spiro atoms. The number of amides is 1. The Morgan fingerprint density at radius 1 is 1.37 bits per heavy atom. The second-order valence-corrected chi connectivity index (χ2v) is 4.93. The van der Waals surface area contributed by atoms with Crippen LogP contribution in [0.15, 0.2) is 28.7 Å². The Balaban J connectivity index is 2.55. The molecule has 0 heterocycles. The minimum atomic E-state index is -1.01.